The fourth-order valence-corrected chi connectivity index (χ4v) is 4.19. The molecule has 3 N–H and O–H groups in total. The predicted molar refractivity (Wildman–Crippen MR) is 127 cm³/mol. The van der Waals surface area contributed by atoms with Crippen LogP contribution < -0.4 is 16.1 Å². The van der Waals surface area contributed by atoms with Crippen LogP contribution in [-0.2, 0) is 19.3 Å². The highest BCUT2D eigenvalue weighted by atomic mass is 19.4. The Bertz CT molecular complexity index is 1230. The third-order valence-corrected chi connectivity index (χ3v) is 6.06. The zero-order valence-corrected chi connectivity index (χ0v) is 19.0. The molecule has 0 spiro atoms. The number of aryl methyl sites for hydroxylation is 1. The van der Waals surface area contributed by atoms with Crippen LogP contribution in [0.25, 0.3) is 0 Å². The molecule has 0 fully saturated rings. The summed E-state index contributed by atoms with van der Waals surface area (Å²) in [6.07, 6.45) is -1.82. The van der Waals surface area contributed by atoms with Crippen molar-refractivity contribution >= 4 is 18.2 Å². The lowest BCUT2D eigenvalue weighted by atomic mass is 10.00. The molecule has 178 valence electrons. The number of fused-ring (bicyclic) bond motifs is 1. The number of aromatic nitrogens is 2. The van der Waals surface area contributed by atoms with Crippen LogP contribution in [0, 0.1) is 13.8 Å². The SMILES string of the molecule is C=NNC(=N[C@H](N)c1cccc(C(F)(F)F)c1C)c1cc(N2CCn3cncc3C2)ccc1C. The Kier molecular flexibility index (Phi) is 6.43. The van der Waals surface area contributed by atoms with Crippen LogP contribution in [0.15, 0.2) is 59.0 Å². The largest absolute Gasteiger partial charge is 0.416 e. The Labute approximate surface area is 195 Å². The van der Waals surface area contributed by atoms with Crippen molar-refractivity contribution in [2.45, 2.75) is 39.3 Å². The summed E-state index contributed by atoms with van der Waals surface area (Å²) in [6, 6.07) is 9.91. The van der Waals surface area contributed by atoms with Crippen LogP contribution in [0.5, 0.6) is 0 Å². The van der Waals surface area contributed by atoms with Gasteiger partial charge in [-0.25, -0.2) is 9.98 Å². The van der Waals surface area contributed by atoms with Gasteiger partial charge in [0.25, 0.3) is 0 Å². The van der Waals surface area contributed by atoms with Crippen molar-refractivity contribution in [1.82, 2.24) is 15.0 Å². The molecule has 0 unspecified atom stereocenters. The summed E-state index contributed by atoms with van der Waals surface area (Å²) in [4.78, 5) is 11.0. The Hall–Kier alpha value is -3.66. The Morgan fingerprint density at radius 2 is 2.00 bits per heavy atom. The molecule has 7 nitrogen and oxygen atoms in total. The van der Waals surface area contributed by atoms with Gasteiger partial charge in [-0.3, -0.25) is 5.43 Å². The van der Waals surface area contributed by atoms with Crippen LogP contribution in [0.3, 0.4) is 0 Å². The molecule has 1 atom stereocenters. The normalized spacial score (nSPS) is 15.1. The predicted octanol–water partition coefficient (Wildman–Crippen LogP) is 4.15. The summed E-state index contributed by atoms with van der Waals surface area (Å²) in [7, 11) is 0. The Morgan fingerprint density at radius 1 is 1.21 bits per heavy atom. The first-order chi connectivity index (χ1) is 16.2. The van der Waals surface area contributed by atoms with Crippen molar-refractivity contribution in [2.75, 3.05) is 11.4 Å². The lowest BCUT2D eigenvalue weighted by molar-refractivity contribution is -0.138. The van der Waals surface area contributed by atoms with E-state index in [1.54, 1.807) is 6.07 Å². The molecule has 10 heteroatoms. The second-order valence-electron chi connectivity index (χ2n) is 8.21. The van der Waals surface area contributed by atoms with Crippen LogP contribution in [0.4, 0.5) is 18.9 Å². The lowest BCUT2D eigenvalue weighted by Gasteiger charge is -2.30. The van der Waals surface area contributed by atoms with Crippen LogP contribution >= 0.6 is 0 Å². The van der Waals surface area contributed by atoms with E-state index in [1.165, 1.54) is 13.0 Å². The third kappa shape index (κ3) is 4.67. The minimum atomic E-state index is -4.47. The highest BCUT2D eigenvalue weighted by molar-refractivity contribution is 6.01. The number of hydrazone groups is 1. The summed E-state index contributed by atoms with van der Waals surface area (Å²) in [5, 5.41) is 3.75. The Balaban J connectivity index is 1.69. The van der Waals surface area contributed by atoms with Gasteiger partial charge in [-0.15, -0.1) is 0 Å². The molecule has 1 aliphatic heterocycles. The summed E-state index contributed by atoms with van der Waals surface area (Å²) in [5.74, 6) is 0.334. The molecule has 1 aromatic heterocycles. The number of amidine groups is 1. The average molecular weight is 470 g/mol. The summed E-state index contributed by atoms with van der Waals surface area (Å²) in [6.45, 7) is 9.16. The van der Waals surface area contributed by atoms with E-state index in [0.29, 0.717) is 12.4 Å². The van der Waals surface area contributed by atoms with E-state index < -0.39 is 17.9 Å². The first kappa shape index (κ1) is 23.5. The molecule has 0 aliphatic carbocycles. The number of nitrogens with zero attached hydrogens (tertiary/aromatic N) is 5. The number of hydrogen-bond acceptors (Lipinski definition) is 5. The second-order valence-corrected chi connectivity index (χ2v) is 8.21. The van der Waals surface area contributed by atoms with Gasteiger partial charge in [-0.1, -0.05) is 18.2 Å². The van der Waals surface area contributed by atoms with E-state index >= 15 is 0 Å². The fraction of sp³-hybridized carbons (Fsp3) is 0.292. The smallest absolute Gasteiger partial charge is 0.364 e. The van der Waals surface area contributed by atoms with E-state index in [9.17, 15) is 13.2 Å². The maximum atomic E-state index is 13.4. The monoisotopic (exact) mass is 469 g/mol. The second kappa shape index (κ2) is 9.30. The highest BCUT2D eigenvalue weighted by Crippen LogP contribution is 2.34. The standard InChI is InChI=1S/C24H26F3N7/c1-15-7-8-17(33-9-10-34-14-30-12-18(34)13-33)11-20(15)23(32-29-3)31-22(28)19-5-4-6-21(16(19)2)24(25,26)27/h4-8,11-12,14,22H,3,9-10,13,28H2,1-2H3,(H,31,32)/t22-/m0/s1. The zero-order chi connectivity index (χ0) is 24.5. The van der Waals surface area contributed by atoms with E-state index in [4.69, 9.17) is 5.73 Å². The van der Waals surface area contributed by atoms with Gasteiger partial charge in [0.05, 0.1) is 24.1 Å². The number of anilines is 1. The lowest BCUT2D eigenvalue weighted by Crippen LogP contribution is -2.33. The highest BCUT2D eigenvalue weighted by Gasteiger charge is 2.33. The molecular weight excluding hydrogens is 443 g/mol. The summed E-state index contributed by atoms with van der Waals surface area (Å²) < 4.78 is 42.2. The molecular formula is C24H26F3N7. The fourth-order valence-electron chi connectivity index (χ4n) is 4.19. The van der Waals surface area contributed by atoms with Crippen molar-refractivity contribution in [3.63, 3.8) is 0 Å². The molecule has 34 heavy (non-hydrogen) atoms. The van der Waals surface area contributed by atoms with Gasteiger partial charge in [0.1, 0.15) is 6.17 Å². The molecule has 0 saturated heterocycles. The number of imidazole rings is 1. The minimum absolute atomic E-state index is 0.0487. The number of alkyl halides is 3. The van der Waals surface area contributed by atoms with Gasteiger partial charge in [0.2, 0.25) is 0 Å². The minimum Gasteiger partial charge on any atom is -0.364 e. The van der Waals surface area contributed by atoms with Gasteiger partial charge in [0, 0.05) is 37.3 Å². The molecule has 0 bridgehead atoms. The summed E-state index contributed by atoms with van der Waals surface area (Å²) >= 11 is 0. The van der Waals surface area contributed by atoms with E-state index in [2.05, 4.69) is 36.7 Å². The average Bonchev–Trinajstić information content (AvgIpc) is 3.26. The van der Waals surface area contributed by atoms with Gasteiger partial charge >= 0.3 is 6.18 Å². The molecule has 3 aromatic rings. The van der Waals surface area contributed by atoms with Crippen molar-refractivity contribution < 1.29 is 13.2 Å². The topological polar surface area (TPSA) is 83.8 Å². The summed E-state index contributed by atoms with van der Waals surface area (Å²) in [5.41, 5.74) is 12.4. The van der Waals surface area contributed by atoms with Gasteiger partial charge in [-0.2, -0.15) is 18.3 Å². The van der Waals surface area contributed by atoms with Crippen molar-refractivity contribution in [1.29, 1.82) is 0 Å². The first-order valence-corrected chi connectivity index (χ1v) is 10.8. The number of hydrogen-bond donors (Lipinski definition) is 2. The molecule has 0 amide bonds. The van der Waals surface area contributed by atoms with Crippen molar-refractivity contribution in [3.05, 3.63) is 82.4 Å². The van der Waals surface area contributed by atoms with E-state index in [-0.39, 0.29) is 11.1 Å². The number of aliphatic imine (C=N–C) groups is 1. The quantitative estimate of drug-likeness (QED) is 0.334. The molecule has 2 aromatic carbocycles. The molecule has 1 aliphatic rings. The molecule has 0 saturated carbocycles. The molecule has 4 rings (SSSR count). The number of nitrogens with two attached hydrogens (primary N) is 1. The zero-order valence-electron chi connectivity index (χ0n) is 19.0. The first-order valence-electron chi connectivity index (χ1n) is 10.8. The molecule has 2 heterocycles. The van der Waals surface area contributed by atoms with Gasteiger partial charge < -0.3 is 15.2 Å². The van der Waals surface area contributed by atoms with Crippen molar-refractivity contribution in [2.24, 2.45) is 15.8 Å². The van der Waals surface area contributed by atoms with Crippen LogP contribution in [0.1, 0.15) is 39.7 Å². The van der Waals surface area contributed by atoms with E-state index in [0.717, 1.165) is 41.7 Å². The number of nitrogens with one attached hydrogen (secondary N) is 1. The number of benzene rings is 2. The number of halogens is 3. The van der Waals surface area contributed by atoms with Gasteiger partial charge in [0.15, 0.2) is 5.84 Å². The van der Waals surface area contributed by atoms with Gasteiger partial charge in [-0.05, 0) is 48.7 Å². The molecule has 0 radical (unpaired) electrons. The van der Waals surface area contributed by atoms with E-state index in [1.807, 2.05) is 37.6 Å². The maximum Gasteiger partial charge on any atom is 0.416 e. The van der Waals surface area contributed by atoms with Crippen molar-refractivity contribution in [3.8, 4) is 0 Å². The third-order valence-electron chi connectivity index (χ3n) is 6.06. The van der Waals surface area contributed by atoms with Crippen LogP contribution in [-0.4, -0.2) is 28.6 Å². The number of rotatable bonds is 5. The van der Waals surface area contributed by atoms with Crippen LogP contribution in [0.2, 0.25) is 0 Å². The maximum absolute atomic E-state index is 13.4. The Morgan fingerprint density at radius 3 is 2.74 bits per heavy atom.